The van der Waals surface area contributed by atoms with Crippen molar-refractivity contribution in [3.8, 4) is 11.5 Å². The highest BCUT2D eigenvalue weighted by Crippen LogP contribution is 2.37. The molecule has 2 aromatic heterocycles. The third kappa shape index (κ3) is 2.59. The molecule has 1 aliphatic carbocycles. The van der Waals surface area contributed by atoms with Gasteiger partial charge in [-0.3, -0.25) is 0 Å². The minimum atomic E-state index is 0.453. The maximum Gasteiger partial charge on any atom is 0.260 e. The molecular weight excluding hydrogens is 270 g/mol. The molecule has 0 spiro atoms. The SMILES string of the molecule is CCc1cc(-c2nc(C3CCC(C)CC3)no2)c(N)s1. The molecule has 0 amide bonds. The number of hydrogen-bond donors (Lipinski definition) is 1. The van der Waals surface area contributed by atoms with Crippen molar-refractivity contribution >= 4 is 16.3 Å². The molecule has 2 aromatic rings. The van der Waals surface area contributed by atoms with Crippen molar-refractivity contribution in [3.63, 3.8) is 0 Å². The first-order valence-electron chi connectivity index (χ1n) is 7.39. The van der Waals surface area contributed by atoms with Crippen molar-refractivity contribution in [2.45, 2.75) is 51.9 Å². The molecule has 5 heteroatoms. The summed E-state index contributed by atoms with van der Waals surface area (Å²) in [4.78, 5) is 5.84. The number of nitrogens with zero attached hydrogens (tertiary/aromatic N) is 2. The van der Waals surface area contributed by atoms with E-state index in [1.807, 2.05) is 0 Å². The molecule has 0 aromatic carbocycles. The van der Waals surface area contributed by atoms with E-state index in [2.05, 4.69) is 30.1 Å². The molecule has 20 heavy (non-hydrogen) atoms. The van der Waals surface area contributed by atoms with Gasteiger partial charge >= 0.3 is 0 Å². The molecule has 2 heterocycles. The Morgan fingerprint density at radius 2 is 2.10 bits per heavy atom. The minimum absolute atomic E-state index is 0.453. The van der Waals surface area contributed by atoms with Crippen molar-refractivity contribution in [3.05, 3.63) is 16.8 Å². The van der Waals surface area contributed by atoms with Crippen LogP contribution in [0.5, 0.6) is 0 Å². The molecule has 2 N–H and O–H groups in total. The summed E-state index contributed by atoms with van der Waals surface area (Å²) in [6, 6.07) is 2.07. The van der Waals surface area contributed by atoms with Crippen molar-refractivity contribution in [1.82, 2.24) is 10.1 Å². The lowest BCUT2D eigenvalue weighted by molar-refractivity contribution is 0.329. The molecule has 0 saturated heterocycles. The zero-order chi connectivity index (χ0) is 14.1. The van der Waals surface area contributed by atoms with Crippen LogP contribution in [-0.4, -0.2) is 10.1 Å². The van der Waals surface area contributed by atoms with Crippen LogP contribution in [0.25, 0.3) is 11.5 Å². The molecule has 1 saturated carbocycles. The van der Waals surface area contributed by atoms with E-state index in [1.54, 1.807) is 11.3 Å². The lowest BCUT2D eigenvalue weighted by Crippen LogP contribution is -2.11. The smallest absolute Gasteiger partial charge is 0.260 e. The van der Waals surface area contributed by atoms with E-state index in [-0.39, 0.29) is 0 Å². The summed E-state index contributed by atoms with van der Waals surface area (Å²) in [7, 11) is 0. The predicted octanol–water partition coefficient (Wildman–Crippen LogP) is 4.24. The molecule has 0 unspecified atom stereocenters. The van der Waals surface area contributed by atoms with Crippen LogP contribution in [0, 0.1) is 5.92 Å². The maximum absolute atomic E-state index is 6.05. The number of hydrogen-bond acceptors (Lipinski definition) is 5. The molecule has 108 valence electrons. The van der Waals surface area contributed by atoms with Crippen LogP contribution >= 0.6 is 11.3 Å². The van der Waals surface area contributed by atoms with Gasteiger partial charge < -0.3 is 10.3 Å². The van der Waals surface area contributed by atoms with Gasteiger partial charge in [0.15, 0.2) is 5.82 Å². The molecule has 1 fully saturated rings. The van der Waals surface area contributed by atoms with Gasteiger partial charge in [-0.05, 0) is 31.2 Å². The molecule has 0 aliphatic heterocycles. The lowest BCUT2D eigenvalue weighted by atomic mass is 9.83. The molecule has 4 nitrogen and oxygen atoms in total. The Labute approximate surface area is 123 Å². The highest BCUT2D eigenvalue weighted by atomic mass is 32.1. The zero-order valence-corrected chi connectivity index (χ0v) is 12.9. The second-order valence-corrected chi connectivity index (χ2v) is 6.93. The maximum atomic E-state index is 6.05. The zero-order valence-electron chi connectivity index (χ0n) is 12.1. The molecule has 0 bridgehead atoms. The molecule has 1 aliphatic rings. The van der Waals surface area contributed by atoms with E-state index in [0.717, 1.165) is 28.7 Å². The number of rotatable bonds is 3. The third-order valence-corrected chi connectivity index (χ3v) is 5.32. The van der Waals surface area contributed by atoms with E-state index in [9.17, 15) is 0 Å². The molecular formula is C15H21N3OS. The third-order valence-electron chi connectivity index (χ3n) is 4.21. The average Bonchev–Trinajstić information content (AvgIpc) is 3.06. The van der Waals surface area contributed by atoms with Crippen LogP contribution < -0.4 is 5.73 Å². The number of anilines is 1. The Hall–Kier alpha value is -1.36. The van der Waals surface area contributed by atoms with Crippen LogP contribution in [-0.2, 0) is 6.42 Å². The predicted molar refractivity (Wildman–Crippen MR) is 81.8 cm³/mol. The monoisotopic (exact) mass is 291 g/mol. The molecule has 3 rings (SSSR count). The van der Waals surface area contributed by atoms with Gasteiger partial charge in [0.1, 0.15) is 0 Å². The fourth-order valence-corrected chi connectivity index (χ4v) is 3.69. The summed E-state index contributed by atoms with van der Waals surface area (Å²) in [6.45, 7) is 4.44. The van der Waals surface area contributed by atoms with Crippen molar-refractivity contribution < 1.29 is 4.52 Å². The minimum Gasteiger partial charge on any atom is -0.390 e. The second kappa shape index (κ2) is 5.56. The lowest BCUT2D eigenvalue weighted by Gasteiger charge is -2.23. The van der Waals surface area contributed by atoms with Crippen LogP contribution in [0.15, 0.2) is 10.6 Å². The second-order valence-electron chi connectivity index (χ2n) is 5.76. The standard InChI is InChI=1S/C15H21N3OS/c1-3-11-8-12(13(16)20-11)15-17-14(18-19-15)10-6-4-9(2)5-7-10/h8-10H,3-7,16H2,1-2H3. The Kier molecular flexibility index (Phi) is 3.78. The Bertz CT molecular complexity index is 582. The van der Waals surface area contributed by atoms with E-state index in [0.29, 0.717) is 11.8 Å². The summed E-state index contributed by atoms with van der Waals surface area (Å²) < 4.78 is 5.43. The number of aryl methyl sites for hydroxylation is 1. The van der Waals surface area contributed by atoms with Gasteiger partial charge in [0.2, 0.25) is 0 Å². The number of thiophene rings is 1. The average molecular weight is 291 g/mol. The highest BCUT2D eigenvalue weighted by molar-refractivity contribution is 7.16. The van der Waals surface area contributed by atoms with Crippen LogP contribution in [0.4, 0.5) is 5.00 Å². The fourth-order valence-electron chi connectivity index (χ4n) is 2.83. The van der Waals surface area contributed by atoms with Gasteiger partial charge in [-0.1, -0.05) is 31.8 Å². The first-order chi connectivity index (χ1) is 9.67. The first kappa shape index (κ1) is 13.6. The Morgan fingerprint density at radius 1 is 1.35 bits per heavy atom. The van der Waals surface area contributed by atoms with Crippen molar-refractivity contribution in [1.29, 1.82) is 0 Å². The van der Waals surface area contributed by atoms with Crippen LogP contribution in [0.1, 0.15) is 56.2 Å². The van der Waals surface area contributed by atoms with E-state index in [4.69, 9.17) is 10.3 Å². The molecule has 0 radical (unpaired) electrons. The summed E-state index contributed by atoms with van der Waals surface area (Å²) in [5.74, 6) is 2.72. The van der Waals surface area contributed by atoms with Crippen molar-refractivity contribution in [2.75, 3.05) is 5.73 Å². The Balaban J connectivity index is 1.81. The molecule has 0 atom stereocenters. The summed E-state index contributed by atoms with van der Waals surface area (Å²) in [6.07, 6.45) is 5.83. The van der Waals surface area contributed by atoms with Gasteiger partial charge in [-0.15, -0.1) is 11.3 Å². The Morgan fingerprint density at radius 3 is 2.75 bits per heavy atom. The van der Waals surface area contributed by atoms with E-state index >= 15 is 0 Å². The van der Waals surface area contributed by atoms with Crippen LogP contribution in [0.2, 0.25) is 0 Å². The van der Waals surface area contributed by atoms with Gasteiger partial charge in [0.25, 0.3) is 5.89 Å². The summed E-state index contributed by atoms with van der Waals surface area (Å²) in [5.41, 5.74) is 6.94. The summed E-state index contributed by atoms with van der Waals surface area (Å²) >= 11 is 1.60. The van der Waals surface area contributed by atoms with E-state index < -0.39 is 0 Å². The van der Waals surface area contributed by atoms with Crippen LogP contribution in [0.3, 0.4) is 0 Å². The largest absolute Gasteiger partial charge is 0.390 e. The topological polar surface area (TPSA) is 64.9 Å². The quantitative estimate of drug-likeness (QED) is 0.918. The number of nitrogens with two attached hydrogens (primary N) is 1. The van der Waals surface area contributed by atoms with Gasteiger partial charge in [0.05, 0.1) is 10.6 Å². The fraction of sp³-hybridized carbons (Fsp3) is 0.600. The summed E-state index contributed by atoms with van der Waals surface area (Å²) in [5, 5.41) is 4.95. The van der Waals surface area contributed by atoms with Gasteiger partial charge in [-0.25, -0.2) is 0 Å². The first-order valence-corrected chi connectivity index (χ1v) is 8.21. The number of aromatic nitrogens is 2. The number of nitrogen functional groups attached to an aromatic ring is 1. The highest BCUT2D eigenvalue weighted by Gasteiger charge is 2.25. The van der Waals surface area contributed by atoms with Gasteiger partial charge in [0, 0.05) is 10.8 Å². The van der Waals surface area contributed by atoms with Crippen molar-refractivity contribution in [2.24, 2.45) is 5.92 Å². The normalized spacial score (nSPS) is 23.1. The van der Waals surface area contributed by atoms with Gasteiger partial charge in [-0.2, -0.15) is 4.98 Å². The van der Waals surface area contributed by atoms with E-state index in [1.165, 1.54) is 30.6 Å².